The lowest BCUT2D eigenvalue weighted by Gasteiger charge is -2.18. The average Bonchev–Trinajstić information content (AvgIpc) is 3.32. The largest absolute Gasteiger partial charge is 0.475 e. The van der Waals surface area contributed by atoms with E-state index in [9.17, 15) is 4.79 Å². The summed E-state index contributed by atoms with van der Waals surface area (Å²) >= 11 is 0. The van der Waals surface area contributed by atoms with Crippen LogP contribution in [0.1, 0.15) is 29.5 Å². The van der Waals surface area contributed by atoms with Crippen molar-refractivity contribution in [2.24, 2.45) is 0 Å². The van der Waals surface area contributed by atoms with Gasteiger partial charge in [-0.25, -0.2) is 0 Å². The highest BCUT2D eigenvalue weighted by Crippen LogP contribution is 2.30. The fraction of sp³-hybridized carbons (Fsp3) is 0.455. The van der Waals surface area contributed by atoms with E-state index in [0.717, 1.165) is 17.7 Å². The van der Waals surface area contributed by atoms with Crippen molar-refractivity contribution in [3.8, 4) is 5.88 Å². The maximum absolute atomic E-state index is 12.5. The molecule has 0 saturated carbocycles. The number of nitrogens with zero attached hydrogens (tertiary/aromatic N) is 3. The minimum absolute atomic E-state index is 0.0812. The molecule has 2 aromatic rings. The van der Waals surface area contributed by atoms with Gasteiger partial charge in [-0.1, -0.05) is 24.3 Å². The van der Waals surface area contributed by atoms with Gasteiger partial charge in [-0.2, -0.15) is 4.98 Å². The van der Waals surface area contributed by atoms with E-state index < -0.39 is 0 Å². The van der Waals surface area contributed by atoms with Crippen molar-refractivity contribution < 1.29 is 14.3 Å². The Kier molecular flexibility index (Phi) is 5.88. The lowest BCUT2D eigenvalue weighted by molar-refractivity contribution is -0.117. The van der Waals surface area contributed by atoms with E-state index in [4.69, 9.17) is 9.47 Å². The maximum Gasteiger partial charge on any atom is 0.233 e. The zero-order valence-corrected chi connectivity index (χ0v) is 16.4. The number of amides is 1. The Morgan fingerprint density at radius 3 is 2.39 bits per heavy atom. The number of anilines is 1. The molecule has 0 bridgehead atoms. The fourth-order valence-corrected chi connectivity index (χ4v) is 3.81. The summed E-state index contributed by atoms with van der Waals surface area (Å²) in [4.78, 5) is 21.3. The summed E-state index contributed by atoms with van der Waals surface area (Å²) < 4.78 is 10.6. The molecule has 4 rings (SSSR count). The number of aromatic nitrogens is 1. The van der Waals surface area contributed by atoms with Crippen LogP contribution in [0.15, 0.2) is 36.4 Å². The second kappa shape index (κ2) is 8.71. The lowest BCUT2D eigenvalue weighted by Crippen LogP contribution is -2.26. The molecule has 1 amide bonds. The summed E-state index contributed by atoms with van der Waals surface area (Å²) in [5, 5.41) is 0. The number of hydrogen-bond donors (Lipinski definition) is 0. The second-order valence-corrected chi connectivity index (χ2v) is 7.43. The molecular formula is C22H27N3O3. The molecule has 1 fully saturated rings. The molecule has 6 nitrogen and oxygen atoms in total. The summed E-state index contributed by atoms with van der Waals surface area (Å²) in [5.74, 6) is 1.32. The van der Waals surface area contributed by atoms with Gasteiger partial charge in [-0.05, 0) is 43.1 Å². The molecule has 0 spiro atoms. The van der Waals surface area contributed by atoms with E-state index in [-0.39, 0.29) is 5.91 Å². The van der Waals surface area contributed by atoms with Crippen molar-refractivity contribution in [2.45, 2.75) is 32.4 Å². The third-order valence-electron chi connectivity index (χ3n) is 5.33. The van der Waals surface area contributed by atoms with Gasteiger partial charge in [0.2, 0.25) is 11.8 Å². The highest BCUT2D eigenvalue weighted by atomic mass is 16.5. The molecule has 6 heteroatoms. The van der Waals surface area contributed by atoms with Gasteiger partial charge in [0.15, 0.2) is 0 Å². The van der Waals surface area contributed by atoms with E-state index in [0.29, 0.717) is 37.9 Å². The van der Waals surface area contributed by atoms with Gasteiger partial charge in [0.1, 0.15) is 12.4 Å². The Hall–Kier alpha value is -2.44. The molecule has 1 aromatic heterocycles. The molecule has 148 valence electrons. The number of likely N-dealkylation sites (tertiary alicyclic amines) is 1. The first-order valence-electron chi connectivity index (χ1n) is 9.95. The number of hydrogen-bond acceptors (Lipinski definition) is 5. The van der Waals surface area contributed by atoms with Crippen molar-refractivity contribution in [3.63, 3.8) is 0 Å². The Morgan fingerprint density at radius 2 is 1.68 bits per heavy atom. The van der Waals surface area contributed by atoms with Gasteiger partial charge < -0.3 is 9.47 Å². The molecule has 0 unspecified atom stereocenters. The van der Waals surface area contributed by atoms with Crippen molar-refractivity contribution >= 4 is 11.7 Å². The first-order valence-corrected chi connectivity index (χ1v) is 9.95. The fourth-order valence-electron chi connectivity index (χ4n) is 3.81. The molecule has 0 aliphatic carbocycles. The van der Waals surface area contributed by atoms with Crippen LogP contribution in [0.2, 0.25) is 0 Å². The minimum atomic E-state index is 0.0812. The summed E-state index contributed by atoms with van der Waals surface area (Å²) in [7, 11) is 1.64. The minimum Gasteiger partial charge on any atom is -0.475 e. The van der Waals surface area contributed by atoms with Crippen LogP contribution in [0.5, 0.6) is 5.88 Å². The number of rotatable bonds is 8. The molecule has 0 N–H and O–H groups in total. The SMILES string of the molecule is COCCOc1ccc2c(n1)N(Cc1ccc(CN3CCCC3)cc1)C(=O)C2. The number of carbonyl (C=O) groups is 1. The highest BCUT2D eigenvalue weighted by Gasteiger charge is 2.29. The third-order valence-corrected chi connectivity index (χ3v) is 5.33. The number of ether oxygens (including phenoxy) is 2. The van der Waals surface area contributed by atoms with Crippen LogP contribution in [0, 0.1) is 0 Å². The molecule has 2 aliphatic heterocycles. The van der Waals surface area contributed by atoms with Gasteiger partial charge in [-0.3, -0.25) is 14.6 Å². The molecule has 28 heavy (non-hydrogen) atoms. The molecule has 2 aliphatic rings. The second-order valence-electron chi connectivity index (χ2n) is 7.43. The van der Waals surface area contributed by atoms with Gasteiger partial charge in [-0.15, -0.1) is 0 Å². The van der Waals surface area contributed by atoms with Crippen molar-refractivity contribution in [1.82, 2.24) is 9.88 Å². The Balaban J connectivity index is 1.43. The van der Waals surface area contributed by atoms with Crippen molar-refractivity contribution in [3.05, 3.63) is 53.1 Å². The Bertz CT molecular complexity index is 816. The molecular weight excluding hydrogens is 354 g/mol. The van der Waals surface area contributed by atoms with Crippen LogP contribution in [-0.4, -0.2) is 49.2 Å². The summed E-state index contributed by atoms with van der Waals surface area (Å²) in [6.45, 7) is 4.88. The van der Waals surface area contributed by atoms with Crippen LogP contribution in [0.25, 0.3) is 0 Å². The third kappa shape index (κ3) is 4.34. The predicted molar refractivity (Wildman–Crippen MR) is 107 cm³/mol. The average molecular weight is 381 g/mol. The number of carbonyl (C=O) groups excluding carboxylic acids is 1. The summed E-state index contributed by atoms with van der Waals surface area (Å²) in [6, 6.07) is 12.3. The van der Waals surface area contributed by atoms with Crippen LogP contribution >= 0.6 is 0 Å². The zero-order chi connectivity index (χ0) is 19.3. The van der Waals surface area contributed by atoms with Crippen LogP contribution in [-0.2, 0) is 29.0 Å². The van der Waals surface area contributed by atoms with Gasteiger partial charge in [0.25, 0.3) is 0 Å². The van der Waals surface area contributed by atoms with Crippen molar-refractivity contribution in [2.75, 3.05) is 38.3 Å². The number of benzene rings is 1. The van der Waals surface area contributed by atoms with Gasteiger partial charge in [0.05, 0.1) is 19.6 Å². The van der Waals surface area contributed by atoms with E-state index in [1.54, 1.807) is 12.0 Å². The predicted octanol–water partition coefficient (Wildman–Crippen LogP) is 2.79. The topological polar surface area (TPSA) is 54.9 Å². The number of fused-ring (bicyclic) bond motifs is 1. The molecule has 0 radical (unpaired) electrons. The zero-order valence-electron chi connectivity index (χ0n) is 16.4. The van der Waals surface area contributed by atoms with E-state index in [1.807, 2.05) is 12.1 Å². The van der Waals surface area contributed by atoms with Gasteiger partial charge >= 0.3 is 0 Å². The molecule has 0 atom stereocenters. The lowest BCUT2D eigenvalue weighted by atomic mass is 10.1. The summed E-state index contributed by atoms with van der Waals surface area (Å²) in [5.41, 5.74) is 3.39. The Labute approximate surface area is 166 Å². The van der Waals surface area contributed by atoms with E-state index in [1.165, 1.54) is 31.5 Å². The van der Waals surface area contributed by atoms with Crippen LogP contribution < -0.4 is 9.64 Å². The number of methoxy groups -OCH3 is 1. The van der Waals surface area contributed by atoms with Crippen LogP contribution in [0.3, 0.4) is 0 Å². The molecule has 3 heterocycles. The van der Waals surface area contributed by atoms with E-state index >= 15 is 0 Å². The molecule has 1 aromatic carbocycles. The number of pyridine rings is 1. The van der Waals surface area contributed by atoms with E-state index in [2.05, 4.69) is 34.1 Å². The summed E-state index contributed by atoms with van der Waals surface area (Å²) in [6.07, 6.45) is 3.01. The van der Waals surface area contributed by atoms with Crippen LogP contribution in [0.4, 0.5) is 5.82 Å². The normalized spacial score (nSPS) is 16.6. The first kappa shape index (κ1) is 18.9. The van der Waals surface area contributed by atoms with Gasteiger partial charge in [0, 0.05) is 25.3 Å². The highest BCUT2D eigenvalue weighted by molar-refractivity contribution is 6.00. The standard InChI is InChI=1S/C22H27N3O3/c1-27-12-13-28-20-9-8-19-14-21(26)25(22(19)23-20)16-18-6-4-17(5-7-18)15-24-10-2-3-11-24/h4-9H,2-3,10-16H2,1H3. The monoisotopic (exact) mass is 381 g/mol. The molecule has 1 saturated heterocycles. The quantitative estimate of drug-likeness (QED) is 0.658. The smallest absolute Gasteiger partial charge is 0.233 e. The first-order chi connectivity index (χ1) is 13.7. The maximum atomic E-state index is 12.5. The Morgan fingerprint density at radius 1 is 0.964 bits per heavy atom. The van der Waals surface area contributed by atoms with Crippen molar-refractivity contribution in [1.29, 1.82) is 0 Å².